The number of carboxylic acid groups (broad SMARTS) is 1. The van der Waals surface area contributed by atoms with Crippen LogP contribution in [-0.2, 0) is 24.3 Å². The SMILES string of the molecule is CCc1cc(CN(C)C(CC)C(=O)O)n(CC)n1. The lowest BCUT2D eigenvalue weighted by Crippen LogP contribution is -2.37. The fourth-order valence-corrected chi connectivity index (χ4v) is 2.13. The van der Waals surface area contributed by atoms with Gasteiger partial charge >= 0.3 is 5.97 Å². The van der Waals surface area contributed by atoms with Gasteiger partial charge in [0.2, 0.25) is 0 Å². The summed E-state index contributed by atoms with van der Waals surface area (Å²) in [6, 6.07) is 1.63. The third-order valence-corrected chi connectivity index (χ3v) is 3.19. The maximum absolute atomic E-state index is 11.1. The fourth-order valence-electron chi connectivity index (χ4n) is 2.13. The zero-order valence-corrected chi connectivity index (χ0v) is 11.7. The summed E-state index contributed by atoms with van der Waals surface area (Å²) in [4.78, 5) is 13.0. The number of likely N-dealkylation sites (N-methyl/N-ethyl adjacent to an activating group) is 1. The van der Waals surface area contributed by atoms with Crippen molar-refractivity contribution in [2.24, 2.45) is 0 Å². The number of hydrogen-bond acceptors (Lipinski definition) is 3. The van der Waals surface area contributed by atoms with Crippen molar-refractivity contribution >= 4 is 5.97 Å². The van der Waals surface area contributed by atoms with E-state index < -0.39 is 12.0 Å². The van der Waals surface area contributed by atoms with Crippen LogP contribution in [0, 0.1) is 0 Å². The lowest BCUT2D eigenvalue weighted by atomic mass is 10.2. The van der Waals surface area contributed by atoms with E-state index in [2.05, 4.69) is 18.1 Å². The van der Waals surface area contributed by atoms with Gasteiger partial charge in [-0.15, -0.1) is 0 Å². The third kappa shape index (κ3) is 3.32. The van der Waals surface area contributed by atoms with Crippen LogP contribution >= 0.6 is 0 Å². The molecule has 0 aromatic carbocycles. The van der Waals surface area contributed by atoms with Gasteiger partial charge in [-0.25, -0.2) is 0 Å². The first kappa shape index (κ1) is 14.7. The maximum atomic E-state index is 11.1. The summed E-state index contributed by atoms with van der Waals surface area (Å²) < 4.78 is 1.95. The molecule has 0 amide bonds. The lowest BCUT2D eigenvalue weighted by Gasteiger charge is -2.23. The van der Waals surface area contributed by atoms with Crippen LogP contribution in [0.2, 0.25) is 0 Å². The molecule has 5 heteroatoms. The molecule has 1 heterocycles. The van der Waals surface area contributed by atoms with E-state index in [0.717, 1.165) is 24.4 Å². The summed E-state index contributed by atoms with van der Waals surface area (Å²) in [5, 5.41) is 13.6. The van der Waals surface area contributed by atoms with Crippen molar-refractivity contribution in [3.63, 3.8) is 0 Å². The molecular weight excluding hydrogens is 230 g/mol. The molecule has 1 unspecified atom stereocenters. The molecule has 0 aliphatic heterocycles. The van der Waals surface area contributed by atoms with E-state index >= 15 is 0 Å². The zero-order valence-electron chi connectivity index (χ0n) is 11.7. The van der Waals surface area contributed by atoms with E-state index in [0.29, 0.717) is 13.0 Å². The van der Waals surface area contributed by atoms with Gasteiger partial charge in [-0.05, 0) is 32.9 Å². The van der Waals surface area contributed by atoms with E-state index in [4.69, 9.17) is 5.11 Å². The Kier molecular flexibility index (Phi) is 5.34. The van der Waals surface area contributed by atoms with Gasteiger partial charge in [0.25, 0.3) is 0 Å². The van der Waals surface area contributed by atoms with Crippen molar-refractivity contribution in [2.45, 2.75) is 52.7 Å². The van der Waals surface area contributed by atoms with Gasteiger partial charge in [-0.3, -0.25) is 14.4 Å². The van der Waals surface area contributed by atoms with Gasteiger partial charge in [0.15, 0.2) is 0 Å². The Morgan fingerprint density at radius 3 is 2.61 bits per heavy atom. The molecule has 0 saturated carbocycles. The highest BCUT2D eigenvalue weighted by atomic mass is 16.4. The molecule has 1 atom stereocenters. The van der Waals surface area contributed by atoms with Crippen molar-refractivity contribution in [3.8, 4) is 0 Å². The Morgan fingerprint density at radius 1 is 1.50 bits per heavy atom. The molecule has 0 aliphatic rings. The molecule has 5 nitrogen and oxygen atoms in total. The predicted molar refractivity (Wildman–Crippen MR) is 70.5 cm³/mol. The minimum atomic E-state index is -0.765. The second-order valence-corrected chi connectivity index (χ2v) is 4.47. The zero-order chi connectivity index (χ0) is 13.7. The van der Waals surface area contributed by atoms with Crippen LogP contribution in [0.1, 0.15) is 38.6 Å². The molecule has 0 saturated heterocycles. The van der Waals surface area contributed by atoms with Gasteiger partial charge in [0, 0.05) is 13.1 Å². The Morgan fingerprint density at radius 2 is 2.17 bits per heavy atom. The average molecular weight is 253 g/mol. The van der Waals surface area contributed by atoms with Crippen LogP contribution in [0.15, 0.2) is 6.07 Å². The van der Waals surface area contributed by atoms with Crippen molar-refractivity contribution in [1.29, 1.82) is 0 Å². The first-order valence-electron chi connectivity index (χ1n) is 6.52. The van der Waals surface area contributed by atoms with Gasteiger partial charge in [0.05, 0.1) is 11.4 Å². The Bertz CT molecular complexity index is 401. The number of rotatable bonds is 7. The van der Waals surface area contributed by atoms with Crippen LogP contribution in [0.3, 0.4) is 0 Å². The summed E-state index contributed by atoms with van der Waals surface area (Å²) in [6.45, 7) is 7.44. The number of aromatic nitrogens is 2. The summed E-state index contributed by atoms with van der Waals surface area (Å²) in [5.41, 5.74) is 2.14. The van der Waals surface area contributed by atoms with E-state index in [1.54, 1.807) is 0 Å². The van der Waals surface area contributed by atoms with Crippen molar-refractivity contribution in [2.75, 3.05) is 7.05 Å². The Labute approximate surface area is 108 Å². The Balaban J connectivity index is 2.82. The standard InChI is InChI=1S/C13H23N3O2/c1-5-10-8-11(16(7-3)14-10)9-15(4)12(6-2)13(17)18/h8,12H,5-7,9H2,1-4H3,(H,17,18). The van der Waals surface area contributed by atoms with Gasteiger partial charge in [0.1, 0.15) is 6.04 Å². The topological polar surface area (TPSA) is 58.4 Å². The number of aliphatic carboxylic acids is 1. The second-order valence-electron chi connectivity index (χ2n) is 4.47. The minimum Gasteiger partial charge on any atom is -0.480 e. The van der Waals surface area contributed by atoms with Crippen LogP contribution in [-0.4, -0.2) is 38.8 Å². The van der Waals surface area contributed by atoms with E-state index in [1.165, 1.54) is 0 Å². The highest BCUT2D eigenvalue weighted by molar-refractivity contribution is 5.73. The summed E-state index contributed by atoms with van der Waals surface area (Å²) in [6.07, 6.45) is 1.51. The van der Waals surface area contributed by atoms with Crippen LogP contribution < -0.4 is 0 Å². The fraction of sp³-hybridized carbons (Fsp3) is 0.692. The number of nitrogens with zero attached hydrogens (tertiary/aromatic N) is 3. The predicted octanol–water partition coefficient (Wildman–Crippen LogP) is 1.76. The van der Waals surface area contributed by atoms with E-state index in [1.807, 2.05) is 30.5 Å². The normalized spacial score (nSPS) is 12.9. The number of aryl methyl sites for hydroxylation is 2. The molecule has 0 fully saturated rings. The van der Waals surface area contributed by atoms with Gasteiger partial charge in [-0.1, -0.05) is 13.8 Å². The first-order valence-corrected chi connectivity index (χ1v) is 6.52. The summed E-state index contributed by atoms with van der Waals surface area (Å²) in [7, 11) is 1.85. The number of carboxylic acids is 1. The molecule has 0 spiro atoms. The van der Waals surface area contributed by atoms with Crippen LogP contribution in [0.5, 0.6) is 0 Å². The van der Waals surface area contributed by atoms with Gasteiger partial charge in [-0.2, -0.15) is 5.10 Å². The van der Waals surface area contributed by atoms with Gasteiger partial charge < -0.3 is 5.11 Å². The summed E-state index contributed by atoms with van der Waals surface area (Å²) in [5.74, 6) is -0.765. The first-order chi connectivity index (χ1) is 8.53. The third-order valence-electron chi connectivity index (χ3n) is 3.19. The minimum absolute atomic E-state index is 0.435. The highest BCUT2D eigenvalue weighted by Gasteiger charge is 2.21. The van der Waals surface area contributed by atoms with Crippen LogP contribution in [0.4, 0.5) is 0 Å². The molecule has 102 valence electrons. The molecule has 1 N–H and O–H groups in total. The molecule has 1 aromatic heterocycles. The molecule has 1 aromatic rings. The molecule has 1 rings (SSSR count). The van der Waals surface area contributed by atoms with Crippen LogP contribution in [0.25, 0.3) is 0 Å². The largest absolute Gasteiger partial charge is 0.480 e. The molecular formula is C13H23N3O2. The Hall–Kier alpha value is -1.36. The van der Waals surface area contributed by atoms with E-state index in [9.17, 15) is 4.79 Å². The molecule has 0 aliphatic carbocycles. The molecule has 18 heavy (non-hydrogen) atoms. The number of hydrogen-bond donors (Lipinski definition) is 1. The van der Waals surface area contributed by atoms with Crippen molar-refractivity contribution < 1.29 is 9.90 Å². The monoisotopic (exact) mass is 253 g/mol. The summed E-state index contributed by atoms with van der Waals surface area (Å²) >= 11 is 0. The van der Waals surface area contributed by atoms with Crippen molar-refractivity contribution in [1.82, 2.24) is 14.7 Å². The smallest absolute Gasteiger partial charge is 0.320 e. The van der Waals surface area contributed by atoms with Crippen molar-refractivity contribution in [3.05, 3.63) is 17.5 Å². The molecule has 0 radical (unpaired) electrons. The molecule has 0 bridgehead atoms. The average Bonchev–Trinajstić information content (AvgIpc) is 2.71. The maximum Gasteiger partial charge on any atom is 0.320 e. The number of carbonyl (C=O) groups is 1. The second kappa shape index (κ2) is 6.54. The van der Waals surface area contributed by atoms with E-state index in [-0.39, 0.29) is 0 Å². The lowest BCUT2D eigenvalue weighted by molar-refractivity contribution is -0.143. The highest BCUT2D eigenvalue weighted by Crippen LogP contribution is 2.11. The quantitative estimate of drug-likeness (QED) is 0.804.